The summed E-state index contributed by atoms with van der Waals surface area (Å²) >= 11 is 0. The molecule has 1 saturated carbocycles. The van der Waals surface area contributed by atoms with Gasteiger partial charge in [0.25, 0.3) is 0 Å². The molecule has 92 valence electrons. The van der Waals surface area contributed by atoms with Crippen LogP contribution in [0.2, 0.25) is 0 Å². The lowest BCUT2D eigenvalue weighted by Gasteiger charge is -2.08. The first-order valence-corrected chi connectivity index (χ1v) is 6.40. The summed E-state index contributed by atoms with van der Waals surface area (Å²) in [4.78, 5) is 13.3. The third-order valence-electron chi connectivity index (χ3n) is 3.02. The first-order chi connectivity index (χ1) is 8.86. The van der Waals surface area contributed by atoms with Gasteiger partial charge in [-0.25, -0.2) is 9.97 Å². The van der Waals surface area contributed by atoms with Gasteiger partial charge in [0, 0.05) is 36.5 Å². The van der Waals surface area contributed by atoms with E-state index in [9.17, 15) is 0 Å². The lowest BCUT2D eigenvalue weighted by molar-refractivity contribution is 0.927. The zero-order chi connectivity index (χ0) is 12.4. The third kappa shape index (κ3) is 2.32. The lowest BCUT2D eigenvalue weighted by atomic mass is 10.2. The van der Waals surface area contributed by atoms with Crippen molar-refractivity contribution < 1.29 is 0 Å². The maximum Gasteiger partial charge on any atom is 0.134 e. The van der Waals surface area contributed by atoms with Crippen molar-refractivity contribution in [2.75, 3.05) is 11.9 Å². The van der Waals surface area contributed by atoms with Crippen LogP contribution in [0.1, 0.15) is 31.5 Å². The van der Waals surface area contributed by atoms with Crippen LogP contribution in [0.3, 0.4) is 0 Å². The van der Waals surface area contributed by atoms with Gasteiger partial charge in [-0.05, 0) is 31.9 Å². The largest absolute Gasteiger partial charge is 0.370 e. The van der Waals surface area contributed by atoms with E-state index in [4.69, 9.17) is 0 Å². The zero-order valence-corrected chi connectivity index (χ0v) is 10.4. The van der Waals surface area contributed by atoms with Crippen LogP contribution in [0.25, 0.3) is 11.3 Å². The van der Waals surface area contributed by atoms with Crippen molar-refractivity contribution in [1.82, 2.24) is 15.0 Å². The number of pyridine rings is 1. The Bertz CT molecular complexity index is 535. The van der Waals surface area contributed by atoms with Gasteiger partial charge in [-0.3, -0.25) is 4.98 Å². The number of hydrogen-bond acceptors (Lipinski definition) is 4. The summed E-state index contributed by atoms with van der Waals surface area (Å²) in [6, 6.07) is 5.97. The van der Waals surface area contributed by atoms with Crippen LogP contribution >= 0.6 is 0 Å². The SMILES string of the molecule is CCNc1cc(-c2ccncc2)nc(C2CC2)n1. The molecule has 1 fully saturated rings. The van der Waals surface area contributed by atoms with E-state index in [2.05, 4.69) is 27.2 Å². The van der Waals surface area contributed by atoms with Crippen LogP contribution in [0.4, 0.5) is 5.82 Å². The van der Waals surface area contributed by atoms with Gasteiger partial charge in [0.2, 0.25) is 0 Å². The molecular formula is C14H16N4. The summed E-state index contributed by atoms with van der Waals surface area (Å²) in [5, 5.41) is 3.27. The van der Waals surface area contributed by atoms with Crippen LogP contribution in [-0.2, 0) is 0 Å². The summed E-state index contributed by atoms with van der Waals surface area (Å²) < 4.78 is 0. The van der Waals surface area contributed by atoms with E-state index in [1.165, 1.54) is 12.8 Å². The smallest absolute Gasteiger partial charge is 0.134 e. The van der Waals surface area contributed by atoms with Crippen molar-refractivity contribution in [3.63, 3.8) is 0 Å². The third-order valence-corrected chi connectivity index (χ3v) is 3.02. The number of nitrogens with one attached hydrogen (secondary N) is 1. The molecule has 0 radical (unpaired) electrons. The van der Waals surface area contributed by atoms with Crippen molar-refractivity contribution in [2.24, 2.45) is 0 Å². The number of hydrogen-bond donors (Lipinski definition) is 1. The minimum Gasteiger partial charge on any atom is -0.370 e. The van der Waals surface area contributed by atoms with Gasteiger partial charge in [0.05, 0.1) is 5.69 Å². The molecule has 4 nitrogen and oxygen atoms in total. The highest BCUT2D eigenvalue weighted by Crippen LogP contribution is 2.39. The van der Waals surface area contributed by atoms with Crippen molar-refractivity contribution in [3.05, 3.63) is 36.4 Å². The molecule has 0 atom stereocenters. The number of rotatable bonds is 4. The lowest BCUT2D eigenvalue weighted by Crippen LogP contribution is -2.04. The molecule has 0 unspecified atom stereocenters. The number of aromatic nitrogens is 3. The van der Waals surface area contributed by atoms with Gasteiger partial charge in [-0.2, -0.15) is 0 Å². The topological polar surface area (TPSA) is 50.7 Å². The molecule has 1 aliphatic carbocycles. The molecule has 2 aromatic heterocycles. The molecule has 2 heterocycles. The molecule has 0 amide bonds. The summed E-state index contributed by atoms with van der Waals surface area (Å²) in [5.74, 6) is 2.45. The molecule has 0 bridgehead atoms. The fourth-order valence-corrected chi connectivity index (χ4v) is 1.93. The standard InChI is InChI=1S/C14H16N4/c1-2-16-13-9-12(10-5-7-15-8-6-10)17-14(18-13)11-3-4-11/h5-9,11H,2-4H2,1H3,(H,16,17,18). The monoisotopic (exact) mass is 240 g/mol. The molecule has 4 heteroatoms. The average molecular weight is 240 g/mol. The summed E-state index contributed by atoms with van der Waals surface area (Å²) in [6.45, 7) is 2.95. The van der Waals surface area contributed by atoms with Gasteiger partial charge < -0.3 is 5.32 Å². The van der Waals surface area contributed by atoms with Gasteiger partial charge in [-0.15, -0.1) is 0 Å². The van der Waals surface area contributed by atoms with Crippen molar-refractivity contribution in [1.29, 1.82) is 0 Å². The van der Waals surface area contributed by atoms with Crippen LogP contribution in [0, 0.1) is 0 Å². The van der Waals surface area contributed by atoms with E-state index in [0.29, 0.717) is 5.92 Å². The van der Waals surface area contributed by atoms with E-state index in [-0.39, 0.29) is 0 Å². The highest BCUT2D eigenvalue weighted by Gasteiger charge is 2.27. The van der Waals surface area contributed by atoms with Crippen molar-refractivity contribution >= 4 is 5.82 Å². The second-order valence-electron chi connectivity index (χ2n) is 4.54. The number of nitrogens with zero attached hydrogens (tertiary/aromatic N) is 3. The Morgan fingerprint density at radius 3 is 2.67 bits per heavy atom. The van der Waals surface area contributed by atoms with Crippen molar-refractivity contribution in [3.8, 4) is 11.3 Å². The first kappa shape index (κ1) is 11.1. The molecule has 18 heavy (non-hydrogen) atoms. The van der Waals surface area contributed by atoms with Gasteiger partial charge in [-0.1, -0.05) is 0 Å². The highest BCUT2D eigenvalue weighted by molar-refractivity contribution is 5.62. The maximum absolute atomic E-state index is 4.67. The predicted molar refractivity (Wildman–Crippen MR) is 71.4 cm³/mol. The summed E-state index contributed by atoms with van der Waals surface area (Å²) in [6.07, 6.45) is 6.01. The van der Waals surface area contributed by atoms with E-state index >= 15 is 0 Å². The molecule has 0 spiro atoms. The Morgan fingerprint density at radius 1 is 1.22 bits per heavy atom. The molecular weight excluding hydrogens is 224 g/mol. The van der Waals surface area contributed by atoms with Crippen LogP contribution in [0.5, 0.6) is 0 Å². The van der Waals surface area contributed by atoms with E-state index in [0.717, 1.165) is 29.4 Å². The van der Waals surface area contributed by atoms with Gasteiger partial charge >= 0.3 is 0 Å². The summed E-state index contributed by atoms with van der Waals surface area (Å²) in [5.41, 5.74) is 2.07. The molecule has 0 saturated heterocycles. The highest BCUT2D eigenvalue weighted by atomic mass is 15.0. The number of anilines is 1. The Balaban J connectivity index is 2.02. The van der Waals surface area contributed by atoms with Crippen molar-refractivity contribution in [2.45, 2.75) is 25.7 Å². The molecule has 0 aliphatic heterocycles. The maximum atomic E-state index is 4.67. The van der Waals surface area contributed by atoms with Gasteiger partial charge in [0.15, 0.2) is 0 Å². The van der Waals surface area contributed by atoms with E-state index in [1.54, 1.807) is 12.4 Å². The minimum atomic E-state index is 0.559. The Hall–Kier alpha value is -1.97. The van der Waals surface area contributed by atoms with Crippen LogP contribution in [0.15, 0.2) is 30.6 Å². The molecule has 0 aromatic carbocycles. The average Bonchev–Trinajstić information content (AvgIpc) is 3.24. The summed E-state index contributed by atoms with van der Waals surface area (Å²) in [7, 11) is 0. The molecule has 3 rings (SSSR count). The minimum absolute atomic E-state index is 0.559. The van der Waals surface area contributed by atoms with Gasteiger partial charge in [0.1, 0.15) is 11.6 Å². The molecule has 2 aromatic rings. The molecule has 1 N–H and O–H groups in total. The second-order valence-corrected chi connectivity index (χ2v) is 4.54. The second kappa shape index (κ2) is 4.72. The molecule has 1 aliphatic rings. The van der Waals surface area contributed by atoms with Crippen LogP contribution in [-0.4, -0.2) is 21.5 Å². The van der Waals surface area contributed by atoms with E-state index in [1.807, 2.05) is 18.2 Å². The Labute approximate surface area is 107 Å². The van der Waals surface area contributed by atoms with E-state index < -0.39 is 0 Å². The van der Waals surface area contributed by atoms with Crippen LogP contribution < -0.4 is 5.32 Å². The predicted octanol–water partition coefficient (Wildman–Crippen LogP) is 2.85. The Morgan fingerprint density at radius 2 is 2.00 bits per heavy atom. The first-order valence-electron chi connectivity index (χ1n) is 6.40. The zero-order valence-electron chi connectivity index (χ0n) is 10.4. The quantitative estimate of drug-likeness (QED) is 0.892. The fourth-order valence-electron chi connectivity index (χ4n) is 1.93. The Kier molecular flexibility index (Phi) is 2.92. The normalized spacial score (nSPS) is 14.5. The fraction of sp³-hybridized carbons (Fsp3) is 0.357.